The van der Waals surface area contributed by atoms with Crippen molar-refractivity contribution < 1.29 is 13.2 Å². The molecule has 3 heterocycles. The van der Waals surface area contributed by atoms with Crippen molar-refractivity contribution in [2.75, 3.05) is 37.8 Å². The van der Waals surface area contributed by atoms with Crippen LogP contribution >= 0.6 is 0 Å². The lowest BCUT2D eigenvalue weighted by Gasteiger charge is -2.31. The van der Waals surface area contributed by atoms with E-state index in [2.05, 4.69) is 24.9 Å². The zero-order chi connectivity index (χ0) is 17.7. The molecule has 0 aliphatic carbocycles. The third kappa shape index (κ3) is 6.18. The highest BCUT2D eigenvalue weighted by Crippen LogP contribution is 2.15. The largest absolute Gasteiger partial charge is 0.376 e. The summed E-state index contributed by atoms with van der Waals surface area (Å²) in [5, 5.41) is 3.22. The van der Waals surface area contributed by atoms with Crippen LogP contribution in [0.4, 0.5) is 5.95 Å². The first-order chi connectivity index (χ1) is 12.0. The molecule has 2 aliphatic heterocycles. The lowest BCUT2D eigenvalue weighted by atomic mass is 10.1. The maximum atomic E-state index is 11.3. The standard InChI is InChI=1S/C16H27N5O3S/c1-25(22,23)20-14-4-6-21(7-5-14)12-13-9-17-16(18-10-13)19-11-15-3-2-8-24-15/h9-10,14-15,20H,2-8,11-12H2,1H3,(H,17,18,19)/t15-/m0/s1. The Morgan fingerprint density at radius 3 is 2.56 bits per heavy atom. The Labute approximate surface area is 149 Å². The molecule has 0 spiro atoms. The van der Waals surface area contributed by atoms with E-state index in [1.165, 1.54) is 6.26 Å². The van der Waals surface area contributed by atoms with E-state index >= 15 is 0 Å². The van der Waals surface area contributed by atoms with Crippen LogP contribution in [0.2, 0.25) is 0 Å². The van der Waals surface area contributed by atoms with Gasteiger partial charge in [0, 0.05) is 56.8 Å². The number of likely N-dealkylation sites (tertiary alicyclic amines) is 1. The maximum Gasteiger partial charge on any atom is 0.222 e. The van der Waals surface area contributed by atoms with Crippen LogP contribution in [0.3, 0.4) is 0 Å². The van der Waals surface area contributed by atoms with Crippen LogP contribution in [-0.4, -0.2) is 67.9 Å². The molecule has 0 radical (unpaired) electrons. The number of sulfonamides is 1. The molecule has 8 nitrogen and oxygen atoms in total. The van der Waals surface area contributed by atoms with Crippen molar-refractivity contribution in [3.63, 3.8) is 0 Å². The van der Waals surface area contributed by atoms with Crippen molar-refractivity contribution in [1.82, 2.24) is 19.6 Å². The minimum atomic E-state index is -3.12. The zero-order valence-corrected chi connectivity index (χ0v) is 15.5. The molecule has 0 unspecified atom stereocenters. The van der Waals surface area contributed by atoms with Gasteiger partial charge in [0.05, 0.1) is 12.4 Å². The number of hydrogen-bond acceptors (Lipinski definition) is 7. The Morgan fingerprint density at radius 2 is 1.96 bits per heavy atom. The molecule has 2 N–H and O–H groups in total. The van der Waals surface area contributed by atoms with E-state index in [0.29, 0.717) is 5.95 Å². The van der Waals surface area contributed by atoms with Gasteiger partial charge in [-0.15, -0.1) is 0 Å². The number of nitrogens with one attached hydrogen (secondary N) is 2. The molecular formula is C16H27N5O3S. The van der Waals surface area contributed by atoms with Gasteiger partial charge in [-0.1, -0.05) is 0 Å². The number of aromatic nitrogens is 2. The SMILES string of the molecule is CS(=O)(=O)NC1CCN(Cc2cnc(NC[C@@H]3CCCO3)nc2)CC1. The van der Waals surface area contributed by atoms with Crippen LogP contribution in [-0.2, 0) is 21.3 Å². The number of hydrogen-bond donors (Lipinski definition) is 2. The molecule has 140 valence electrons. The van der Waals surface area contributed by atoms with E-state index < -0.39 is 10.0 Å². The van der Waals surface area contributed by atoms with E-state index in [-0.39, 0.29) is 12.1 Å². The number of ether oxygens (including phenoxy) is 1. The van der Waals surface area contributed by atoms with Gasteiger partial charge in [0.25, 0.3) is 0 Å². The molecule has 2 saturated heterocycles. The first-order valence-corrected chi connectivity index (χ1v) is 10.7. The second-order valence-electron chi connectivity index (χ2n) is 6.87. The van der Waals surface area contributed by atoms with Crippen LogP contribution in [0, 0.1) is 0 Å². The van der Waals surface area contributed by atoms with Crippen molar-refractivity contribution in [3.8, 4) is 0 Å². The third-order valence-electron chi connectivity index (χ3n) is 4.59. The maximum absolute atomic E-state index is 11.3. The minimum absolute atomic E-state index is 0.0480. The van der Waals surface area contributed by atoms with Crippen LogP contribution in [0.5, 0.6) is 0 Å². The highest BCUT2D eigenvalue weighted by Gasteiger charge is 2.21. The van der Waals surface area contributed by atoms with Crippen molar-refractivity contribution in [2.45, 2.75) is 44.4 Å². The fourth-order valence-corrected chi connectivity index (χ4v) is 4.15. The Hall–Kier alpha value is -1.29. The summed E-state index contributed by atoms with van der Waals surface area (Å²) in [4.78, 5) is 11.0. The summed E-state index contributed by atoms with van der Waals surface area (Å²) in [5.41, 5.74) is 1.07. The van der Waals surface area contributed by atoms with Crippen molar-refractivity contribution in [3.05, 3.63) is 18.0 Å². The number of nitrogens with zero attached hydrogens (tertiary/aromatic N) is 3. The van der Waals surface area contributed by atoms with Crippen LogP contribution < -0.4 is 10.0 Å². The summed E-state index contributed by atoms with van der Waals surface area (Å²) in [5.74, 6) is 0.635. The molecule has 0 amide bonds. The van der Waals surface area contributed by atoms with Gasteiger partial charge >= 0.3 is 0 Å². The Bertz CT molecular complexity index is 638. The molecule has 1 aromatic heterocycles. The van der Waals surface area contributed by atoms with Crippen LogP contribution in [0.15, 0.2) is 12.4 Å². The molecule has 9 heteroatoms. The van der Waals surface area contributed by atoms with Crippen LogP contribution in [0.25, 0.3) is 0 Å². The smallest absolute Gasteiger partial charge is 0.222 e. The average molecular weight is 369 g/mol. The van der Waals surface area contributed by atoms with Gasteiger partial charge in [-0.2, -0.15) is 0 Å². The molecule has 1 atom stereocenters. The van der Waals surface area contributed by atoms with Gasteiger partial charge in [-0.3, -0.25) is 4.90 Å². The summed E-state index contributed by atoms with van der Waals surface area (Å²) < 4.78 is 30.8. The molecule has 3 rings (SSSR count). The first kappa shape index (κ1) is 18.5. The number of piperidine rings is 1. The Kier molecular flexibility index (Phi) is 6.21. The van der Waals surface area contributed by atoms with E-state index in [0.717, 1.165) is 64.0 Å². The normalized spacial score (nSPS) is 23.0. The van der Waals surface area contributed by atoms with Gasteiger partial charge < -0.3 is 10.1 Å². The number of anilines is 1. The summed E-state index contributed by atoms with van der Waals surface area (Å²) in [7, 11) is -3.12. The lowest BCUT2D eigenvalue weighted by molar-refractivity contribution is 0.120. The van der Waals surface area contributed by atoms with Crippen molar-refractivity contribution in [1.29, 1.82) is 0 Å². The molecule has 1 aromatic rings. The van der Waals surface area contributed by atoms with Gasteiger partial charge in [-0.05, 0) is 25.7 Å². The van der Waals surface area contributed by atoms with E-state index in [1.54, 1.807) is 0 Å². The molecule has 25 heavy (non-hydrogen) atoms. The van der Waals surface area contributed by atoms with Gasteiger partial charge in [0.1, 0.15) is 0 Å². The second kappa shape index (κ2) is 8.39. The first-order valence-electron chi connectivity index (χ1n) is 8.84. The fourth-order valence-electron chi connectivity index (χ4n) is 3.31. The van der Waals surface area contributed by atoms with E-state index in [9.17, 15) is 8.42 Å². The van der Waals surface area contributed by atoms with Gasteiger partial charge in [-0.25, -0.2) is 23.1 Å². The van der Waals surface area contributed by atoms with Crippen molar-refractivity contribution in [2.24, 2.45) is 0 Å². The molecule has 0 saturated carbocycles. The predicted molar refractivity (Wildman–Crippen MR) is 95.8 cm³/mol. The van der Waals surface area contributed by atoms with E-state index in [4.69, 9.17) is 4.74 Å². The summed E-state index contributed by atoms with van der Waals surface area (Å²) in [6.07, 6.45) is 9.06. The molecule has 0 aromatic carbocycles. The predicted octanol–water partition coefficient (Wildman–Crippen LogP) is 0.581. The number of rotatable bonds is 7. The van der Waals surface area contributed by atoms with E-state index in [1.807, 2.05) is 12.4 Å². The summed E-state index contributed by atoms with van der Waals surface area (Å²) >= 11 is 0. The molecule has 2 aliphatic rings. The zero-order valence-electron chi connectivity index (χ0n) is 14.6. The quantitative estimate of drug-likeness (QED) is 0.726. The van der Waals surface area contributed by atoms with Gasteiger partial charge in [0.15, 0.2) is 0 Å². The van der Waals surface area contributed by atoms with Gasteiger partial charge in [0.2, 0.25) is 16.0 Å². The van der Waals surface area contributed by atoms with Crippen molar-refractivity contribution >= 4 is 16.0 Å². The fraction of sp³-hybridized carbons (Fsp3) is 0.750. The molecule has 0 bridgehead atoms. The Morgan fingerprint density at radius 1 is 1.24 bits per heavy atom. The highest BCUT2D eigenvalue weighted by atomic mass is 32.2. The minimum Gasteiger partial charge on any atom is -0.376 e. The molecular weight excluding hydrogens is 342 g/mol. The summed E-state index contributed by atoms with van der Waals surface area (Å²) in [6, 6.07) is 0.0480. The van der Waals surface area contributed by atoms with Crippen LogP contribution in [0.1, 0.15) is 31.2 Å². The second-order valence-corrected chi connectivity index (χ2v) is 8.65. The highest BCUT2D eigenvalue weighted by molar-refractivity contribution is 7.88. The topological polar surface area (TPSA) is 96.5 Å². The average Bonchev–Trinajstić information content (AvgIpc) is 3.08. The third-order valence-corrected chi connectivity index (χ3v) is 5.35. The Balaban J connectivity index is 1.41. The lowest BCUT2D eigenvalue weighted by Crippen LogP contribution is -2.43. The molecule has 2 fully saturated rings. The monoisotopic (exact) mass is 369 g/mol. The summed E-state index contributed by atoms with van der Waals surface area (Å²) in [6.45, 7) is 4.12.